The molecule has 1 aromatic carbocycles. The minimum Gasteiger partial charge on any atom is -0.444 e. The highest BCUT2D eigenvalue weighted by atomic mass is 19.1. The first-order valence-electron chi connectivity index (χ1n) is 12.5. The minimum absolute atomic E-state index is 0.203. The van der Waals surface area contributed by atoms with Gasteiger partial charge in [0.25, 0.3) is 0 Å². The number of halogens is 1. The van der Waals surface area contributed by atoms with Gasteiger partial charge in [-0.25, -0.2) is 9.18 Å². The van der Waals surface area contributed by atoms with E-state index >= 15 is 0 Å². The number of likely N-dealkylation sites (tertiary alicyclic amines) is 2. The number of rotatable bonds is 4. The number of anilines is 1. The molecule has 0 bridgehead atoms. The van der Waals surface area contributed by atoms with E-state index in [1.54, 1.807) is 4.90 Å². The van der Waals surface area contributed by atoms with Crippen LogP contribution in [-0.4, -0.2) is 91.2 Å². The van der Waals surface area contributed by atoms with Gasteiger partial charge in [0.15, 0.2) is 0 Å². The summed E-state index contributed by atoms with van der Waals surface area (Å²) >= 11 is 0. The fourth-order valence-corrected chi connectivity index (χ4v) is 5.59. The van der Waals surface area contributed by atoms with Crippen LogP contribution in [0.2, 0.25) is 0 Å². The van der Waals surface area contributed by atoms with Crippen molar-refractivity contribution >= 4 is 17.7 Å². The molecular formula is C26H39FN4O3. The van der Waals surface area contributed by atoms with Crippen LogP contribution < -0.4 is 4.90 Å². The molecule has 3 aliphatic rings. The van der Waals surface area contributed by atoms with Gasteiger partial charge in [-0.05, 0) is 70.7 Å². The van der Waals surface area contributed by atoms with Crippen molar-refractivity contribution in [3.05, 3.63) is 30.1 Å². The van der Waals surface area contributed by atoms with Gasteiger partial charge in [0, 0.05) is 64.6 Å². The molecule has 0 aliphatic carbocycles. The Balaban J connectivity index is 1.24. The summed E-state index contributed by atoms with van der Waals surface area (Å²) in [5.41, 5.74) is 0.228. The molecule has 2 amide bonds. The first-order valence-corrected chi connectivity index (χ1v) is 12.5. The maximum Gasteiger partial charge on any atom is 0.410 e. The van der Waals surface area contributed by atoms with Crippen LogP contribution in [0.1, 0.15) is 46.5 Å². The van der Waals surface area contributed by atoms with E-state index in [4.69, 9.17) is 4.74 Å². The Labute approximate surface area is 202 Å². The highest BCUT2D eigenvalue weighted by Gasteiger charge is 2.51. The van der Waals surface area contributed by atoms with Crippen LogP contribution in [0.15, 0.2) is 24.3 Å². The van der Waals surface area contributed by atoms with Crippen LogP contribution in [0.4, 0.5) is 14.9 Å². The Morgan fingerprint density at radius 2 is 1.68 bits per heavy atom. The zero-order valence-electron chi connectivity index (χ0n) is 21.1. The van der Waals surface area contributed by atoms with E-state index in [1.807, 2.05) is 44.9 Å². The molecule has 0 radical (unpaired) electrons. The number of ether oxygens (including phenoxy) is 1. The molecule has 1 aromatic rings. The van der Waals surface area contributed by atoms with Crippen LogP contribution in [0, 0.1) is 11.2 Å². The number of hydrogen-bond donors (Lipinski definition) is 0. The standard InChI is InChI=1S/C26H39FN4O3/c1-25(2,3)34-24(33)31-13-10-26(11-14-31)19-22(28(4)23(26)32)9-12-29-15-17-30(18-16-29)21-7-5-20(27)6-8-21/h5-8,22H,9-19H2,1-4H3/t22-/m0/s1. The lowest BCUT2D eigenvalue weighted by atomic mass is 9.76. The predicted octanol–water partition coefficient (Wildman–Crippen LogP) is 3.59. The molecule has 0 N–H and O–H groups in total. The molecule has 3 aliphatic heterocycles. The summed E-state index contributed by atoms with van der Waals surface area (Å²) in [6.07, 6.45) is 2.98. The van der Waals surface area contributed by atoms with Gasteiger partial charge >= 0.3 is 6.09 Å². The Morgan fingerprint density at radius 1 is 1.06 bits per heavy atom. The number of nitrogens with zero attached hydrogens (tertiary/aromatic N) is 4. The number of carbonyl (C=O) groups excluding carboxylic acids is 2. The summed E-state index contributed by atoms with van der Waals surface area (Å²) in [7, 11) is 1.94. The number of benzene rings is 1. The first kappa shape index (κ1) is 24.8. The summed E-state index contributed by atoms with van der Waals surface area (Å²) in [5, 5.41) is 0. The number of piperidine rings is 1. The monoisotopic (exact) mass is 474 g/mol. The van der Waals surface area contributed by atoms with E-state index in [0.717, 1.165) is 51.3 Å². The third-order valence-corrected chi connectivity index (χ3v) is 7.66. The second-order valence-electron chi connectivity index (χ2n) is 11.1. The molecule has 7 nitrogen and oxygen atoms in total. The van der Waals surface area contributed by atoms with E-state index in [2.05, 4.69) is 9.80 Å². The van der Waals surface area contributed by atoms with Gasteiger partial charge < -0.3 is 19.4 Å². The molecule has 8 heteroatoms. The second-order valence-corrected chi connectivity index (χ2v) is 11.1. The minimum atomic E-state index is -0.509. The van der Waals surface area contributed by atoms with Gasteiger partial charge in [-0.15, -0.1) is 0 Å². The van der Waals surface area contributed by atoms with Gasteiger partial charge in [-0.3, -0.25) is 9.69 Å². The van der Waals surface area contributed by atoms with Gasteiger partial charge in [-0.1, -0.05) is 0 Å². The number of piperazine rings is 1. The molecule has 34 heavy (non-hydrogen) atoms. The normalized spacial score (nSPS) is 23.6. The fourth-order valence-electron chi connectivity index (χ4n) is 5.59. The zero-order chi connectivity index (χ0) is 24.5. The van der Waals surface area contributed by atoms with Crippen molar-refractivity contribution in [3.8, 4) is 0 Å². The summed E-state index contributed by atoms with van der Waals surface area (Å²) in [6.45, 7) is 11.5. The number of amides is 2. The van der Waals surface area contributed by atoms with Crippen LogP contribution in [0.3, 0.4) is 0 Å². The SMILES string of the molecule is CN1C(=O)C2(CCN(C(=O)OC(C)(C)C)CC2)C[C@@H]1CCN1CCN(c2ccc(F)cc2)CC1. The molecule has 3 heterocycles. The molecule has 3 fully saturated rings. The van der Waals surface area contributed by atoms with Crippen LogP contribution >= 0.6 is 0 Å². The van der Waals surface area contributed by atoms with E-state index < -0.39 is 5.60 Å². The van der Waals surface area contributed by atoms with E-state index in [-0.39, 0.29) is 29.3 Å². The van der Waals surface area contributed by atoms with Crippen molar-refractivity contribution in [2.45, 2.75) is 58.1 Å². The molecular weight excluding hydrogens is 435 g/mol. The van der Waals surface area contributed by atoms with Crippen molar-refractivity contribution in [2.75, 3.05) is 57.8 Å². The lowest BCUT2D eigenvalue weighted by Crippen LogP contribution is -2.47. The van der Waals surface area contributed by atoms with Crippen molar-refractivity contribution in [2.24, 2.45) is 5.41 Å². The lowest BCUT2D eigenvalue weighted by Gasteiger charge is -2.38. The van der Waals surface area contributed by atoms with Crippen molar-refractivity contribution in [1.82, 2.24) is 14.7 Å². The van der Waals surface area contributed by atoms with Gasteiger partial charge in [0.2, 0.25) is 5.91 Å². The summed E-state index contributed by atoms with van der Waals surface area (Å²) in [4.78, 5) is 34.1. The molecule has 3 saturated heterocycles. The Kier molecular flexibility index (Phi) is 7.08. The van der Waals surface area contributed by atoms with Crippen molar-refractivity contribution in [1.29, 1.82) is 0 Å². The van der Waals surface area contributed by atoms with Crippen LogP contribution in [0.5, 0.6) is 0 Å². The second kappa shape index (κ2) is 9.72. The maximum atomic E-state index is 13.2. The largest absolute Gasteiger partial charge is 0.444 e. The van der Waals surface area contributed by atoms with Gasteiger partial charge in [-0.2, -0.15) is 0 Å². The molecule has 0 aromatic heterocycles. The molecule has 4 rings (SSSR count). The highest BCUT2D eigenvalue weighted by Crippen LogP contribution is 2.45. The van der Waals surface area contributed by atoms with Crippen LogP contribution in [-0.2, 0) is 9.53 Å². The highest BCUT2D eigenvalue weighted by molar-refractivity contribution is 5.85. The zero-order valence-corrected chi connectivity index (χ0v) is 21.1. The Hall–Kier alpha value is -2.35. The summed E-state index contributed by atoms with van der Waals surface area (Å²) in [6, 6.07) is 6.97. The summed E-state index contributed by atoms with van der Waals surface area (Å²) in [5.74, 6) is 0.0355. The lowest BCUT2D eigenvalue weighted by molar-refractivity contribution is -0.137. The van der Waals surface area contributed by atoms with Gasteiger partial charge in [0.05, 0.1) is 5.41 Å². The number of carbonyl (C=O) groups is 2. The van der Waals surface area contributed by atoms with Crippen molar-refractivity contribution < 1.29 is 18.7 Å². The topological polar surface area (TPSA) is 56.3 Å². The molecule has 0 saturated carbocycles. The van der Waals surface area contributed by atoms with E-state index in [9.17, 15) is 14.0 Å². The number of hydrogen-bond acceptors (Lipinski definition) is 5. The average molecular weight is 475 g/mol. The molecule has 1 atom stereocenters. The fraction of sp³-hybridized carbons (Fsp3) is 0.692. The van der Waals surface area contributed by atoms with E-state index in [1.165, 1.54) is 12.1 Å². The van der Waals surface area contributed by atoms with Gasteiger partial charge in [0.1, 0.15) is 11.4 Å². The van der Waals surface area contributed by atoms with Crippen molar-refractivity contribution in [3.63, 3.8) is 0 Å². The molecule has 188 valence electrons. The predicted molar refractivity (Wildman–Crippen MR) is 130 cm³/mol. The van der Waals surface area contributed by atoms with E-state index in [0.29, 0.717) is 25.9 Å². The average Bonchev–Trinajstić information content (AvgIpc) is 3.02. The maximum absolute atomic E-state index is 13.2. The van der Waals surface area contributed by atoms with Crippen LogP contribution in [0.25, 0.3) is 0 Å². The smallest absolute Gasteiger partial charge is 0.410 e. The quantitative estimate of drug-likeness (QED) is 0.668. The third kappa shape index (κ3) is 5.48. The molecule has 0 unspecified atom stereocenters. The Morgan fingerprint density at radius 3 is 2.26 bits per heavy atom. The summed E-state index contributed by atoms with van der Waals surface area (Å²) < 4.78 is 18.7. The Bertz CT molecular complexity index is 869. The first-order chi connectivity index (χ1) is 16.1. The third-order valence-electron chi connectivity index (χ3n) is 7.66. The molecule has 1 spiro atoms.